The van der Waals surface area contributed by atoms with Gasteiger partial charge in [0.25, 0.3) is 0 Å². The number of nitrogens with zero attached hydrogens (tertiary/aromatic N) is 5. The Kier molecular flexibility index (Phi) is 3.50. The summed E-state index contributed by atoms with van der Waals surface area (Å²) in [5.74, 6) is -0.975. The summed E-state index contributed by atoms with van der Waals surface area (Å²) in [7, 11) is 0. The molecule has 2 aromatic rings. The molecule has 0 spiro atoms. The van der Waals surface area contributed by atoms with Crippen LogP contribution in [-0.4, -0.2) is 35.6 Å². The molecule has 1 N–H and O–H groups in total. The Labute approximate surface area is 120 Å². The Hall–Kier alpha value is -2.71. The van der Waals surface area contributed by atoms with E-state index in [0.717, 1.165) is 0 Å². The van der Waals surface area contributed by atoms with Gasteiger partial charge in [0.15, 0.2) is 0 Å². The van der Waals surface area contributed by atoms with Gasteiger partial charge in [0.2, 0.25) is 5.82 Å². The number of aromatic nitrogens is 4. The molecule has 0 aliphatic rings. The van der Waals surface area contributed by atoms with Crippen molar-refractivity contribution in [3.63, 3.8) is 0 Å². The quantitative estimate of drug-likeness (QED) is 0.679. The van der Waals surface area contributed by atoms with Crippen LogP contribution in [-0.2, 0) is 0 Å². The van der Waals surface area contributed by atoms with Gasteiger partial charge in [-0.15, -0.1) is 0 Å². The van der Waals surface area contributed by atoms with Gasteiger partial charge in [-0.25, -0.2) is 14.2 Å². The molecule has 9 nitrogen and oxygen atoms in total. The maximum absolute atomic E-state index is 11.3. The van der Waals surface area contributed by atoms with E-state index in [2.05, 4.69) is 10.2 Å². The summed E-state index contributed by atoms with van der Waals surface area (Å²) in [6, 6.07) is -0.134. The molecule has 0 saturated heterocycles. The Morgan fingerprint density at radius 1 is 1.33 bits per heavy atom. The average molecular weight is 293 g/mol. The van der Waals surface area contributed by atoms with Crippen LogP contribution >= 0.6 is 0 Å². The zero-order valence-electron chi connectivity index (χ0n) is 12.1. The second-order valence-electron chi connectivity index (χ2n) is 4.93. The number of carboxylic acid groups (broad SMARTS) is 1. The molecule has 0 fully saturated rings. The summed E-state index contributed by atoms with van der Waals surface area (Å²) in [5.41, 5.74) is 0.362. The third-order valence-electron chi connectivity index (χ3n) is 3.05. The van der Waals surface area contributed by atoms with Crippen LogP contribution in [0.25, 0.3) is 5.82 Å². The molecule has 0 saturated carbocycles. The van der Waals surface area contributed by atoms with Gasteiger partial charge in [-0.1, -0.05) is 0 Å². The molecule has 2 rings (SSSR count). The smallest absolute Gasteiger partial charge is 0.339 e. The van der Waals surface area contributed by atoms with E-state index < -0.39 is 10.9 Å². The van der Waals surface area contributed by atoms with E-state index >= 15 is 0 Å². The Morgan fingerprint density at radius 2 is 1.95 bits per heavy atom. The monoisotopic (exact) mass is 293 g/mol. The predicted octanol–water partition coefficient (Wildman–Crippen LogP) is 1.87. The number of carboxylic acids is 1. The minimum absolute atomic E-state index is 0.00143. The van der Waals surface area contributed by atoms with Crippen LogP contribution in [0.5, 0.6) is 0 Å². The topological polar surface area (TPSA) is 116 Å². The number of nitro groups is 1. The van der Waals surface area contributed by atoms with Crippen molar-refractivity contribution in [2.75, 3.05) is 0 Å². The summed E-state index contributed by atoms with van der Waals surface area (Å²) in [6.45, 7) is 6.73. The predicted molar refractivity (Wildman–Crippen MR) is 72.8 cm³/mol. The molecule has 0 aromatic carbocycles. The first kappa shape index (κ1) is 14.7. The average Bonchev–Trinajstić information content (AvgIpc) is 2.89. The summed E-state index contributed by atoms with van der Waals surface area (Å²) in [5, 5.41) is 28.6. The third kappa shape index (κ3) is 2.37. The lowest BCUT2D eigenvalue weighted by Gasteiger charge is -2.09. The first-order valence-corrected chi connectivity index (χ1v) is 6.27. The number of aryl methyl sites for hydroxylation is 2. The van der Waals surface area contributed by atoms with Crippen molar-refractivity contribution >= 4 is 11.7 Å². The SMILES string of the molecule is Cc1nn(-c2c([N+](=O)[O-])c(C)nn2C(C)C)cc1C(=O)O. The molecule has 21 heavy (non-hydrogen) atoms. The summed E-state index contributed by atoms with van der Waals surface area (Å²) >= 11 is 0. The molecule has 0 aliphatic carbocycles. The van der Waals surface area contributed by atoms with Crippen molar-refractivity contribution in [3.8, 4) is 5.82 Å². The van der Waals surface area contributed by atoms with E-state index in [4.69, 9.17) is 5.11 Å². The summed E-state index contributed by atoms with van der Waals surface area (Å²) in [6.07, 6.45) is 1.26. The highest BCUT2D eigenvalue weighted by molar-refractivity contribution is 5.88. The van der Waals surface area contributed by atoms with Crippen LogP contribution < -0.4 is 0 Å². The van der Waals surface area contributed by atoms with E-state index in [1.807, 2.05) is 13.8 Å². The molecule has 0 aliphatic heterocycles. The molecule has 0 unspecified atom stereocenters. The second-order valence-corrected chi connectivity index (χ2v) is 4.93. The van der Waals surface area contributed by atoms with Gasteiger partial charge in [0.1, 0.15) is 11.3 Å². The first-order valence-electron chi connectivity index (χ1n) is 6.27. The number of rotatable bonds is 4. The molecule has 0 bridgehead atoms. The van der Waals surface area contributed by atoms with E-state index in [1.54, 1.807) is 0 Å². The molecule has 0 amide bonds. The Morgan fingerprint density at radius 3 is 2.38 bits per heavy atom. The molecule has 0 atom stereocenters. The van der Waals surface area contributed by atoms with Crippen LogP contribution in [0.2, 0.25) is 0 Å². The van der Waals surface area contributed by atoms with Crippen molar-refractivity contribution in [3.05, 3.63) is 33.3 Å². The van der Waals surface area contributed by atoms with Gasteiger partial charge in [0, 0.05) is 12.2 Å². The molecule has 2 aromatic heterocycles. The molecule has 0 radical (unpaired) electrons. The van der Waals surface area contributed by atoms with Crippen molar-refractivity contribution in [1.29, 1.82) is 0 Å². The lowest BCUT2D eigenvalue weighted by Crippen LogP contribution is -2.11. The van der Waals surface area contributed by atoms with Gasteiger partial charge in [0.05, 0.1) is 10.6 Å². The zero-order valence-corrected chi connectivity index (χ0v) is 12.1. The number of hydrogen-bond acceptors (Lipinski definition) is 5. The minimum Gasteiger partial charge on any atom is -0.478 e. The highest BCUT2D eigenvalue weighted by Crippen LogP contribution is 2.29. The highest BCUT2D eigenvalue weighted by Gasteiger charge is 2.29. The van der Waals surface area contributed by atoms with Crippen LogP contribution in [0.15, 0.2) is 6.20 Å². The van der Waals surface area contributed by atoms with Gasteiger partial charge in [-0.2, -0.15) is 10.2 Å². The lowest BCUT2D eigenvalue weighted by molar-refractivity contribution is -0.385. The number of aromatic carboxylic acids is 1. The van der Waals surface area contributed by atoms with Crippen molar-refractivity contribution in [2.45, 2.75) is 33.7 Å². The van der Waals surface area contributed by atoms with Crippen LogP contribution in [0.1, 0.15) is 41.6 Å². The maximum Gasteiger partial charge on any atom is 0.339 e. The van der Waals surface area contributed by atoms with Crippen molar-refractivity contribution in [1.82, 2.24) is 19.6 Å². The van der Waals surface area contributed by atoms with E-state index in [0.29, 0.717) is 0 Å². The molecular formula is C12H15N5O4. The van der Waals surface area contributed by atoms with Crippen LogP contribution in [0.3, 0.4) is 0 Å². The number of hydrogen-bond donors (Lipinski definition) is 1. The van der Waals surface area contributed by atoms with Crippen molar-refractivity contribution < 1.29 is 14.8 Å². The summed E-state index contributed by atoms with van der Waals surface area (Å²) in [4.78, 5) is 21.8. The van der Waals surface area contributed by atoms with Crippen LogP contribution in [0, 0.1) is 24.0 Å². The Balaban J connectivity index is 2.75. The zero-order chi connectivity index (χ0) is 15.9. The molecule has 112 valence electrons. The minimum atomic E-state index is -1.13. The van der Waals surface area contributed by atoms with Gasteiger partial charge in [-0.05, 0) is 27.7 Å². The molecule has 9 heteroatoms. The van der Waals surface area contributed by atoms with E-state index in [-0.39, 0.29) is 34.5 Å². The third-order valence-corrected chi connectivity index (χ3v) is 3.05. The standard InChI is InChI=1S/C12H15N5O4/c1-6(2)16-11(10(17(20)21)8(4)14-16)15-5-9(12(18)19)7(3)13-15/h5-6H,1-4H3,(H,18,19). The second kappa shape index (κ2) is 5.00. The summed E-state index contributed by atoms with van der Waals surface area (Å²) < 4.78 is 2.67. The van der Waals surface area contributed by atoms with Gasteiger partial charge in [-0.3, -0.25) is 10.1 Å². The van der Waals surface area contributed by atoms with Crippen LogP contribution in [0.4, 0.5) is 5.69 Å². The highest BCUT2D eigenvalue weighted by atomic mass is 16.6. The first-order chi connectivity index (χ1) is 9.73. The molecular weight excluding hydrogens is 278 g/mol. The fourth-order valence-corrected chi connectivity index (χ4v) is 2.09. The fourth-order valence-electron chi connectivity index (χ4n) is 2.09. The fraction of sp³-hybridized carbons (Fsp3) is 0.417. The lowest BCUT2D eigenvalue weighted by atomic mass is 10.3. The molecule has 2 heterocycles. The normalized spacial score (nSPS) is 11.1. The maximum atomic E-state index is 11.3. The van der Waals surface area contributed by atoms with Gasteiger partial charge >= 0.3 is 11.7 Å². The van der Waals surface area contributed by atoms with E-state index in [9.17, 15) is 14.9 Å². The Bertz CT molecular complexity index is 728. The van der Waals surface area contributed by atoms with Crippen molar-refractivity contribution in [2.24, 2.45) is 0 Å². The van der Waals surface area contributed by atoms with E-state index in [1.165, 1.54) is 29.4 Å². The van der Waals surface area contributed by atoms with Gasteiger partial charge < -0.3 is 5.11 Å². The largest absolute Gasteiger partial charge is 0.478 e. The number of carbonyl (C=O) groups is 1.